The minimum Gasteiger partial charge on any atom is -0.493 e. The van der Waals surface area contributed by atoms with Crippen LogP contribution in [0, 0.1) is 6.92 Å². The molecule has 1 aliphatic rings. The van der Waals surface area contributed by atoms with Crippen molar-refractivity contribution < 1.29 is 19.1 Å². The molecule has 1 aromatic heterocycles. The summed E-state index contributed by atoms with van der Waals surface area (Å²) >= 11 is 14.1. The molecule has 158 valence electrons. The Bertz CT molecular complexity index is 1280. The SMILES string of the molecule is COc1cc(/C=C2\SC(=S)N(C)C2=O)ccc1OC(=O)c1sc2cc(C)ccc2c1Cl. The molecule has 0 bridgehead atoms. The Morgan fingerprint density at radius 2 is 1.97 bits per heavy atom. The van der Waals surface area contributed by atoms with E-state index >= 15 is 0 Å². The van der Waals surface area contributed by atoms with Crippen LogP contribution in [0.15, 0.2) is 41.3 Å². The maximum atomic E-state index is 12.8. The Hall–Kier alpha value is -2.39. The number of carbonyl (C=O) groups excluding carboxylic acids is 2. The lowest BCUT2D eigenvalue weighted by Crippen LogP contribution is -2.22. The first-order chi connectivity index (χ1) is 14.8. The molecular formula is C22H16ClNO4S3. The third kappa shape index (κ3) is 4.21. The molecule has 9 heteroatoms. The number of nitrogens with zero attached hydrogens (tertiary/aromatic N) is 1. The maximum absolute atomic E-state index is 12.8. The number of thiophene rings is 1. The largest absolute Gasteiger partial charge is 0.493 e. The molecular weight excluding hydrogens is 474 g/mol. The van der Waals surface area contributed by atoms with Crippen LogP contribution in [0.4, 0.5) is 0 Å². The van der Waals surface area contributed by atoms with Crippen LogP contribution in [-0.4, -0.2) is 35.3 Å². The molecule has 0 spiro atoms. The topological polar surface area (TPSA) is 55.8 Å². The van der Waals surface area contributed by atoms with Gasteiger partial charge in [-0.1, -0.05) is 53.8 Å². The van der Waals surface area contributed by atoms with E-state index in [0.29, 0.717) is 24.9 Å². The molecule has 0 saturated carbocycles. The number of hydrogen-bond acceptors (Lipinski definition) is 7. The summed E-state index contributed by atoms with van der Waals surface area (Å²) in [4.78, 5) is 27.3. The van der Waals surface area contributed by atoms with Crippen molar-refractivity contribution in [3.05, 3.63) is 62.3 Å². The number of methoxy groups -OCH3 is 1. The summed E-state index contributed by atoms with van der Waals surface area (Å²) in [6.07, 6.45) is 1.72. The van der Waals surface area contributed by atoms with Gasteiger partial charge in [-0.2, -0.15) is 0 Å². The zero-order valence-electron chi connectivity index (χ0n) is 16.7. The maximum Gasteiger partial charge on any atom is 0.355 e. The second-order valence-electron chi connectivity index (χ2n) is 6.79. The molecule has 3 aromatic rings. The molecule has 4 rings (SSSR count). The highest BCUT2D eigenvalue weighted by Gasteiger charge is 2.28. The van der Waals surface area contributed by atoms with Crippen LogP contribution < -0.4 is 9.47 Å². The van der Waals surface area contributed by atoms with E-state index in [1.54, 1.807) is 31.3 Å². The zero-order valence-corrected chi connectivity index (χ0v) is 19.9. The van der Waals surface area contributed by atoms with Crippen molar-refractivity contribution in [3.63, 3.8) is 0 Å². The number of carbonyl (C=O) groups is 2. The smallest absolute Gasteiger partial charge is 0.355 e. The van der Waals surface area contributed by atoms with Gasteiger partial charge in [0.25, 0.3) is 5.91 Å². The Kier molecular flexibility index (Phi) is 6.07. The Balaban J connectivity index is 1.61. The Morgan fingerprint density at radius 3 is 2.65 bits per heavy atom. The van der Waals surface area contributed by atoms with Crippen molar-refractivity contribution in [2.45, 2.75) is 6.92 Å². The first kappa shape index (κ1) is 21.8. The molecule has 0 unspecified atom stereocenters. The number of halogens is 1. The van der Waals surface area contributed by atoms with Crippen LogP contribution in [0.2, 0.25) is 5.02 Å². The summed E-state index contributed by atoms with van der Waals surface area (Å²) in [5.41, 5.74) is 1.81. The number of rotatable bonds is 4. The quantitative estimate of drug-likeness (QED) is 0.196. The van der Waals surface area contributed by atoms with Gasteiger partial charge in [0.2, 0.25) is 0 Å². The number of thioether (sulfide) groups is 1. The molecule has 0 radical (unpaired) electrons. The first-order valence-electron chi connectivity index (χ1n) is 9.09. The van der Waals surface area contributed by atoms with E-state index in [1.165, 1.54) is 35.1 Å². The van der Waals surface area contributed by atoms with E-state index in [4.69, 9.17) is 33.3 Å². The fourth-order valence-corrected chi connectivity index (χ4v) is 5.67. The second kappa shape index (κ2) is 8.63. The lowest BCUT2D eigenvalue weighted by Gasteiger charge is -2.10. The summed E-state index contributed by atoms with van der Waals surface area (Å²) in [5, 5.41) is 1.20. The van der Waals surface area contributed by atoms with Crippen LogP contribution >= 0.6 is 46.9 Å². The molecule has 31 heavy (non-hydrogen) atoms. The standard InChI is InChI=1S/C22H16ClNO4S3/c1-11-4-6-13-16(8-11)30-19(18(13)23)21(26)28-14-7-5-12(9-15(14)27-3)10-17-20(25)24(2)22(29)31-17/h4-10H,1-3H3/b17-10-. The Labute approximate surface area is 197 Å². The van der Waals surface area contributed by atoms with E-state index in [-0.39, 0.29) is 11.7 Å². The lowest BCUT2D eigenvalue weighted by atomic mass is 10.2. The van der Waals surface area contributed by atoms with E-state index < -0.39 is 5.97 Å². The third-order valence-electron chi connectivity index (χ3n) is 4.64. The molecule has 0 aliphatic carbocycles. The van der Waals surface area contributed by atoms with Gasteiger partial charge in [0.05, 0.1) is 17.0 Å². The zero-order chi connectivity index (χ0) is 22.3. The fourth-order valence-electron chi connectivity index (χ4n) is 3.01. The van der Waals surface area contributed by atoms with E-state index in [0.717, 1.165) is 21.2 Å². The van der Waals surface area contributed by atoms with Crippen LogP contribution in [0.5, 0.6) is 11.5 Å². The summed E-state index contributed by atoms with van der Waals surface area (Å²) in [5.74, 6) is -0.0829. The minimum atomic E-state index is -0.554. The lowest BCUT2D eigenvalue weighted by molar-refractivity contribution is -0.121. The number of benzene rings is 2. The number of ether oxygens (including phenoxy) is 2. The van der Waals surface area contributed by atoms with E-state index in [1.807, 2.05) is 25.1 Å². The predicted molar refractivity (Wildman–Crippen MR) is 130 cm³/mol. The highest BCUT2D eigenvalue weighted by molar-refractivity contribution is 8.26. The average Bonchev–Trinajstić information content (AvgIpc) is 3.19. The molecule has 0 N–H and O–H groups in total. The van der Waals surface area contributed by atoms with Gasteiger partial charge in [0.1, 0.15) is 9.20 Å². The molecule has 1 fully saturated rings. The van der Waals surface area contributed by atoms with Gasteiger partial charge in [-0.25, -0.2) is 4.79 Å². The van der Waals surface area contributed by atoms with Crippen molar-refractivity contribution in [3.8, 4) is 11.5 Å². The number of esters is 1. The number of hydrogen-bond donors (Lipinski definition) is 0. The van der Waals surface area contributed by atoms with Gasteiger partial charge in [0, 0.05) is 17.1 Å². The molecule has 1 saturated heterocycles. The first-order valence-corrected chi connectivity index (χ1v) is 11.5. The summed E-state index contributed by atoms with van der Waals surface area (Å²) in [6, 6.07) is 10.9. The van der Waals surface area contributed by atoms with Gasteiger partial charge in [-0.05, 0) is 42.3 Å². The number of aryl methyl sites for hydroxylation is 1. The van der Waals surface area contributed by atoms with Crippen molar-refractivity contribution >= 4 is 79.3 Å². The highest BCUT2D eigenvalue weighted by Crippen LogP contribution is 2.38. The van der Waals surface area contributed by atoms with Crippen LogP contribution in [0.25, 0.3) is 16.2 Å². The molecule has 2 aromatic carbocycles. The van der Waals surface area contributed by atoms with Gasteiger partial charge in [0.15, 0.2) is 11.5 Å². The molecule has 0 atom stereocenters. The van der Waals surface area contributed by atoms with Crippen LogP contribution in [0.3, 0.4) is 0 Å². The highest BCUT2D eigenvalue weighted by atomic mass is 35.5. The Morgan fingerprint density at radius 1 is 1.19 bits per heavy atom. The molecule has 2 heterocycles. The van der Waals surface area contributed by atoms with Gasteiger partial charge in [-0.15, -0.1) is 11.3 Å². The predicted octanol–water partition coefficient (Wildman–Crippen LogP) is 5.92. The van der Waals surface area contributed by atoms with E-state index in [9.17, 15) is 9.59 Å². The molecule has 1 aliphatic heterocycles. The average molecular weight is 490 g/mol. The monoisotopic (exact) mass is 489 g/mol. The number of fused-ring (bicyclic) bond motifs is 1. The normalized spacial score (nSPS) is 15.2. The number of thiocarbonyl (C=S) groups is 1. The van der Waals surface area contributed by atoms with E-state index in [2.05, 4.69) is 0 Å². The summed E-state index contributed by atoms with van der Waals surface area (Å²) < 4.78 is 12.4. The fraction of sp³-hybridized carbons (Fsp3) is 0.136. The molecule has 5 nitrogen and oxygen atoms in total. The number of amides is 1. The van der Waals surface area contributed by atoms with Crippen LogP contribution in [0.1, 0.15) is 20.8 Å². The molecule has 1 amide bonds. The number of likely N-dealkylation sites (N-methyl/N-ethyl adjacent to an activating group) is 1. The summed E-state index contributed by atoms with van der Waals surface area (Å²) in [6.45, 7) is 1.98. The second-order valence-corrected chi connectivity index (χ2v) is 9.89. The van der Waals surface area contributed by atoms with Crippen molar-refractivity contribution in [2.24, 2.45) is 0 Å². The third-order valence-corrected chi connectivity index (χ3v) is 7.77. The summed E-state index contributed by atoms with van der Waals surface area (Å²) in [7, 11) is 3.12. The van der Waals surface area contributed by atoms with Crippen molar-refractivity contribution in [1.82, 2.24) is 4.90 Å². The van der Waals surface area contributed by atoms with Crippen molar-refractivity contribution in [1.29, 1.82) is 0 Å². The van der Waals surface area contributed by atoms with Crippen molar-refractivity contribution in [2.75, 3.05) is 14.2 Å². The van der Waals surface area contributed by atoms with Gasteiger partial charge in [-0.3, -0.25) is 9.69 Å². The van der Waals surface area contributed by atoms with Gasteiger partial charge < -0.3 is 9.47 Å². The van der Waals surface area contributed by atoms with Gasteiger partial charge >= 0.3 is 5.97 Å². The van der Waals surface area contributed by atoms with Crippen LogP contribution in [-0.2, 0) is 4.79 Å². The minimum absolute atomic E-state index is 0.154.